The summed E-state index contributed by atoms with van der Waals surface area (Å²) in [7, 11) is 1.71. The molecule has 0 spiro atoms. The van der Waals surface area contributed by atoms with Crippen molar-refractivity contribution in [3.05, 3.63) is 24.0 Å². The van der Waals surface area contributed by atoms with Gasteiger partial charge in [-0.1, -0.05) is 0 Å². The molecular formula is C10H14N4O2. The van der Waals surface area contributed by atoms with E-state index in [1.807, 2.05) is 0 Å². The van der Waals surface area contributed by atoms with Gasteiger partial charge in [-0.25, -0.2) is 0 Å². The van der Waals surface area contributed by atoms with Gasteiger partial charge in [0, 0.05) is 18.3 Å². The molecule has 2 unspecified atom stereocenters. The molecule has 0 bridgehead atoms. The van der Waals surface area contributed by atoms with E-state index in [4.69, 9.17) is 0 Å². The Morgan fingerprint density at radius 2 is 2.25 bits per heavy atom. The van der Waals surface area contributed by atoms with Gasteiger partial charge in [-0.2, -0.15) is 5.10 Å². The van der Waals surface area contributed by atoms with Crippen LogP contribution >= 0.6 is 0 Å². The lowest BCUT2D eigenvalue weighted by Crippen LogP contribution is -2.29. The summed E-state index contributed by atoms with van der Waals surface area (Å²) in [6, 6.07) is 1.74. The van der Waals surface area contributed by atoms with Crippen LogP contribution in [0, 0.1) is 0 Å². The van der Waals surface area contributed by atoms with E-state index in [-0.39, 0.29) is 0 Å². The summed E-state index contributed by atoms with van der Waals surface area (Å²) in [4.78, 5) is 4.12. The zero-order valence-corrected chi connectivity index (χ0v) is 8.88. The highest BCUT2D eigenvalue weighted by molar-refractivity contribution is 5.73. The third-order valence-electron chi connectivity index (χ3n) is 2.43. The number of pyridine rings is 1. The third-order valence-corrected chi connectivity index (χ3v) is 2.43. The number of fused-ring (bicyclic) bond motifs is 1. The molecular weight excluding hydrogens is 208 g/mol. The van der Waals surface area contributed by atoms with E-state index in [1.165, 1.54) is 0 Å². The summed E-state index contributed by atoms with van der Waals surface area (Å²) in [5, 5.41) is 28.9. The summed E-state index contributed by atoms with van der Waals surface area (Å²) >= 11 is 0. The van der Waals surface area contributed by atoms with E-state index in [0.29, 0.717) is 12.1 Å². The highest BCUT2D eigenvalue weighted by Crippen LogP contribution is 2.19. The molecule has 0 fully saturated rings. The summed E-state index contributed by atoms with van der Waals surface area (Å²) in [5.74, 6) is 0. The smallest absolute Gasteiger partial charge is 0.108 e. The molecule has 86 valence electrons. The first-order chi connectivity index (χ1) is 7.72. The van der Waals surface area contributed by atoms with Crippen molar-refractivity contribution in [2.24, 2.45) is 0 Å². The summed E-state index contributed by atoms with van der Waals surface area (Å²) in [6.07, 6.45) is 1.34. The maximum atomic E-state index is 9.85. The van der Waals surface area contributed by atoms with Crippen LogP contribution in [0.5, 0.6) is 0 Å². The number of rotatable bonds is 4. The van der Waals surface area contributed by atoms with Crippen molar-refractivity contribution in [1.82, 2.24) is 20.5 Å². The van der Waals surface area contributed by atoms with Crippen LogP contribution in [-0.4, -0.2) is 45.1 Å². The molecule has 2 rings (SSSR count). The second-order valence-electron chi connectivity index (χ2n) is 3.64. The van der Waals surface area contributed by atoms with Gasteiger partial charge in [-0.15, -0.1) is 0 Å². The minimum Gasteiger partial charge on any atom is -0.389 e. The maximum absolute atomic E-state index is 9.85. The minimum atomic E-state index is -0.951. The number of aromatic amines is 1. The highest BCUT2D eigenvalue weighted by Gasteiger charge is 2.18. The number of nitrogens with one attached hydrogen (secondary N) is 2. The molecule has 2 atom stereocenters. The first-order valence-corrected chi connectivity index (χ1v) is 5.02. The normalized spacial score (nSPS) is 15.2. The Morgan fingerprint density at radius 1 is 1.44 bits per heavy atom. The molecule has 2 heterocycles. The Kier molecular flexibility index (Phi) is 3.14. The number of aromatic nitrogens is 3. The molecule has 16 heavy (non-hydrogen) atoms. The number of aliphatic hydroxyl groups is 2. The molecule has 0 radical (unpaired) electrons. The van der Waals surface area contributed by atoms with Gasteiger partial charge in [-0.05, 0) is 13.1 Å². The van der Waals surface area contributed by atoms with Gasteiger partial charge >= 0.3 is 0 Å². The molecule has 6 nitrogen and oxygen atoms in total. The van der Waals surface area contributed by atoms with Crippen LogP contribution in [0.15, 0.2) is 18.5 Å². The quantitative estimate of drug-likeness (QED) is 0.563. The minimum absolute atomic E-state index is 0.322. The van der Waals surface area contributed by atoms with E-state index in [9.17, 15) is 10.2 Å². The third kappa shape index (κ3) is 2.04. The van der Waals surface area contributed by atoms with Crippen molar-refractivity contribution in [3.8, 4) is 0 Å². The van der Waals surface area contributed by atoms with Crippen LogP contribution in [0.4, 0.5) is 0 Å². The van der Waals surface area contributed by atoms with E-state index in [2.05, 4.69) is 20.5 Å². The zero-order valence-electron chi connectivity index (χ0n) is 8.88. The predicted molar refractivity (Wildman–Crippen MR) is 58.8 cm³/mol. The monoisotopic (exact) mass is 222 g/mol. The summed E-state index contributed by atoms with van der Waals surface area (Å²) in [6.45, 7) is 0.322. The predicted octanol–water partition coefficient (Wildman–Crippen LogP) is -0.428. The van der Waals surface area contributed by atoms with Gasteiger partial charge in [-0.3, -0.25) is 10.1 Å². The second-order valence-corrected chi connectivity index (χ2v) is 3.64. The number of H-pyrrole nitrogens is 1. The van der Waals surface area contributed by atoms with Crippen molar-refractivity contribution < 1.29 is 10.2 Å². The maximum Gasteiger partial charge on any atom is 0.108 e. The Bertz CT molecular complexity index is 471. The molecule has 0 saturated carbocycles. The molecule has 0 amide bonds. The van der Waals surface area contributed by atoms with Crippen LogP contribution in [0.2, 0.25) is 0 Å². The van der Waals surface area contributed by atoms with E-state index < -0.39 is 12.2 Å². The molecule has 0 aromatic carbocycles. The zero-order chi connectivity index (χ0) is 11.5. The molecule has 0 saturated heterocycles. The molecule has 2 aromatic heterocycles. The molecule has 6 heteroatoms. The van der Waals surface area contributed by atoms with Gasteiger partial charge in [0.1, 0.15) is 11.6 Å². The Morgan fingerprint density at radius 3 is 3.00 bits per heavy atom. The van der Waals surface area contributed by atoms with Gasteiger partial charge in [0.15, 0.2) is 0 Å². The Balaban J connectivity index is 2.24. The van der Waals surface area contributed by atoms with Gasteiger partial charge in [0.2, 0.25) is 0 Å². The molecule has 0 aliphatic heterocycles. The summed E-state index contributed by atoms with van der Waals surface area (Å²) in [5.41, 5.74) is 2.05. The van der Waals surface area contributed by atoms with Crippen molar-refractivity contribution >= 4 is 11.0 Å². The fraction of sp³-hybridized carbons (Fsp3) is 0.400. The van der Waals surface area contributed by atoms with Crippen LogP contribution < -0.4 is 5.32 Å². The number of hydrogen-bond donors (Lipinski definition) is 4. The van der Waals surface area contributed by atoms with Crippen molar-refractivity contribution in [2.45, 2.75) is 12.2 Å². The first kappa shape index (κ1) is 11.0. The summed E-state index contributed by atoms with van der Waals surface area (Å²) < 4.78 is 0. The fourth-order valence-corrected chi connectivity index (χ4v) is 1.55. The Hall–Kier alpha value is -1.50. The highest BCUT2D eigenvalue weighted by atomic mass is 16.3. The average Bonchev–Trinajstić information content (AvgIpc) is 2.75. The van der Waals surface area contributed by atoms with Crippen molar-refractivity contribution in [1.29, 1.82) is 0 Å². The number of hydrogen-bond acceptors (Lipinski definition) is 5. The Labute approximate surface area is 92.3 Å². The van der Waals surface area contributed by atoms with Gasteiger partial charge in [0.25, 0.3) is 0 Å². The lowest BCUT2D eigenvalue weighted by Gasteiger charge is -2.17. The lowest BCUT2D eigenvalue weighted by atomic mass is 10.1. The standard InChI is InChI=1S/C10H14N4O2/c1-11-5-9(15)10(16)6-2-7-8(12-3-6)4-13-14-7/h2-4,9-11,15-16H,5H2,1H3,(H,13,14). The van der Waals surface area contributed by atoms with Crippen molar-refractivity contribution in [3.63, 3.8) is 0 Å². The number of likely N-dealkylation sites (N-methyl/N-ethyl adjacent to an activating group) is 1. The fourth-order valence-electron chi connectivity index (χ4n) is 1.55. The molecule has 0 aliphatic rings. The second kappa shape index (κ2) is 4.56. The lowest BCUT2D eigenvalue weighted by molar-refractivity contribution is 0.0201. The van der Waals surface area contributed by atoms with Gasteiger partial charge < -0.3 is 15.5 Å². The first-order valence-electron chi connectivity index (χ1n) is 5.02. The van der Waals surface area contributed by atoms with Crippen LogP contribution in [-0.2, 0) is 0 Å². The SMILES string of the molecule is CNCC(O)C(O)c1cnc2cn[nH]c2c1. The van der Waals surface area contributed by atoms with Gasteiger partial charge in [0.05, 0.1) is 17.8 Å². The van der Waals surface area contributed by atoms with E-state index >= 15 is 0 Å². The van der Waals surface area contributed by atoms with Crippen LogP contribution in [0.1, 0.15) is 11.7 Å². The topological polar surface area (TPSA) is 94.1 Å². The van der Waals surface area contributed by atoms with E-state index in [1.54, 1.807) is 25.5 Å². The van der Waals surface area contributed by atoms with Crippen LogP contribution in [0.25, 0.3) is 11.0 Å². The average molecular weight is 222 g/mol. The number of aliphatic hydroxyl groups excluding tert-OH is 2. The van der Waals surface area contributed by atoms with Crippen molar-refractivity contribution in [2.75, 3.05) is 13.6 Å². The number of nitrogens with zero attached hydrogens (tertiary/aromatic N) is 2. The molecule has 0 aliphatic carbocycles. The molecule has 2 aromatic rings. The van der Waals surface area contributed by atoms with Crippen LogP contribution in [0.3, 0.4) is 0 Å². The largest absolute Gasteiger partial charge is 0.389 e. The molecule has 4 N–H and O–H groups in total. The van der Waals surface area contributed by atoms with E-state index in [0.717, 1.165) is 11.0 Å².